The Morgan fingerprint density at radius 1 is 0.886 bits per heavy atom. The van der Waals surface area contributed by atoms with Crippen molar-refractivity contribution >= 4 is 33.1 Å². The maximum absolute atomic E-state index is 6.25. The van der Waals surface area contributed by atoms with Crippen LogP contribution in [0.4, 0.5) is 5.69 Å². The molecule has 0 aliphatic rings. The molecule has 0 aliphatic carbocycles. The maximum atomic E-state index is 6.25. The summed E-state index contributed by atoms with van der Waals surface area (Å²) < 4.78 is 12.2. The van der Waals surface area contributed by atoms with E-state index in [1.165, 1.54) is 16.3 Å². The SMILES string of the molecule is CC/C=C(\C)COC(CCC)=Nc1c(C)cc2ccccc2c1-c1c(OC)ccc2ccccc12. The smallest absolute Gasteiger partial charge is 0.188 e. The number of fused-ring (bicyclic) bond motifs is 2. The Kier molecular flexibility index (Phi) is 7.87. The highest BCUT2D eigenvalue weighted by molar-refractivity contribution is 6.12. The summed E-state index contributed by atoms with van der Waals surface area (Å²) in [5, 5.41) is 4.67. The van der Waals surface area contributed by atoms with E-state index >= 15 is 0 Å². The van der Waals surface area contributed by atoms with Gasteiger partial charge in [-0.1, -0.05) is 74.5 Å². The lowest BCUT2D eigenvalue weighted by Crippen LogP contribution is -2.07. The second-order valence-electron chi connectivity index (χ2n) is 9.01. The molecule has 0 spiro atoms. The first-order valence-electron chi connectivity index (χ1n) is 12.5. The fourth-order valence-electron chi connectivity index (χ4n) is 4.66. The van der Waals surface area contributed by atoms with Gasteiger partial charge in [0.2, 0.25) is 0 Å². The van der Waals surface area contributed by atoms with Crippen molar-refractivity contribution in [3.63, 3.8) is 0 Å². The first-order valence-corrected chi connectivity index (χ1v) is 12.5. The van der Waals surface area contributed by atoms with Crippen molar-refractivity contribution in [3.05, 3.63) is 83.9 Å². The van der Waals surface area contributed by atoms with E-state index in [1.807, 2.05) is 0 Å². The number of aliphatic imine (C=N–C) groups is 1. The Balaban J connectivity index is 2.02. The number of rotatable bonds is 8. The second-order valence-corrected chi connectivity index (χ2v) is 9.01. The number of aryl methyl sites for hydroxylation is 1. The minimum Gasteiger partial charge on any atom is -0.496 e. The summed E-state index contributed by atoms with van der Waals surface area (Å²) in [6.45, 7) is 9.12. The fraction of sp³-hybridized carbons (Fsp3) is 0.281. The van der Waals surface area contributed by atoms with E-state index in [9.17, 15) is 0 Å². The van der Waals surface area contributed by atoms with E-state index in [0.717, 1.165) is 64.1 Å². The van der Waals surface area contributed by atoms with Gasteiger partial charge in [-0.2, -0.15) is 0 Å². The van der Waals surface area contributed by atoms with Gasteiger partial charge in [0.05, 0.1) is 12.8 Å². The van der Waals surface area contributed by atoms with Crippen molar-refractivity contribution in [1.29, 1.82) is 0 Å². The molecule has 0 fully saturated rings. The molecular formula is C32H35NO2. The molecule has 0 N–H and O–H groups in total. The number of nitrogens with zero attached hydrogens (tertiary/aromatic N) is 1. The first kappa shape index (κ1) is 24.5. The van der Waals surface area contributed by atoms with Gasteiger partial charge in [0.25, 0.3) is 0 Å². The highest BCUT2D eigenvalue weighted by atomic mass is 16.5. The summed E-state index contributed by atoms with van der Waals surface area (Å²) in [7, 11) is 1.74. The van der Waals surface area contributed by atoms with Gasteiger partial charge in [0, 0.05) is 17.5 Å². The monoisotopic (exact) mass is 465 g/mol. The van der Waals surface area contributed by atoms with Gasteiger partial charge in [0.15, 0.2) is 5.90 Å². The van der Waals surface area contributed by atoms with Crippen LogP contribution in [0.15, 0.2) is 83.4 Å². The van der Waals surface area contributed by atoms with Crippen LogP contribution in [-0.2, 0) is 4.74 Å². The van der Waals surface area contributed by atoms with Gasteiger partial charge in [0.1, 0.15) is 12.4 Å². The van der Waals surface area contributed by atoms with E-state index in [0.29, 0.717) is 6.61 Å². The van der Waals surface area contributed by atoms with E-state index in [2.05, 4.69) is 101 Å². The van der Waals surface area contributed by atoms with Crippen molar-refractivity contribution in [2.45, 2.75) is 47.0 Å². The minimum atomic E-state index is 0.562. The second kappa shape index (κ2) is 11.2. The van der Waals surface area contributed by atoms with E-state index in [-0.39, 0.29) is 0 Å². The molecule has 0 unspecified atom stereocenters. The van der Waals surface area contributed by atoms with Crippen molar-refractivity contribution in [1.82, 2.24) is 0 Å². The molecule has 0 aromatic heterocycles. The largest absolute Gasteiger partial charge is 0.496 e. The topological polar surface area (TPSA) is 30.8 Å². The Morgan fingerprint density at radius 2 is 1.57 bits per heavy atom. The molecule has 0 heterocycles. The van der Waals surface area contributed by atoms with Crippen molar-refractivity contribution < 1.29 is 9.47 Å². The molecule has 180 valence electrons. The lowest BCUT2D eigenvalue weighted by Gasteiger charge is -2.19. The van der Waals surface area contributed by atoms with Crippen LogP contribution in [0.1, 0.15) is 45.6 Å². The average Bonchev–Trinajstić information content (AvgIpc) is 2.87. The number of methoxy groups -OCH3 is 1. The number of ether oxygens (including phenoxy) is 2. The summed E-state index contributed by atoms with van der Waals surface area (Å²) >= 11 is 0. The van der Waals surface area contributed by atoms with Crippen LogP contribution < -0.4 is 4.74 Å². The number of hydrogen-bond acceptors (Lipinski definition) is 3. The van der Waals surface area contributed by atoms with Crippen LogP contribution >= 0.6 is 0 Å². The Bertz CT molecular complexity index is 1400. The van der Waals surface area contributed by atoms with Crippen LogP contribution in [-0.4, -0.2) is 19.6 Å². The molecular weight excluding hydrogens is 430 g/mol. The summed E-state index contributed by atoms with van der Waals surface area (Å²) in [4.78, 5) is 5.20. The van der Waals surface area contributed by atoms with Crippen LogP contribution in [0.3, 0.4) is 0 Å². The zero-order chi connectivity index (χ0) is 24.8. The highest BCUT2D eigenvalue weighted by Crippen LogP contribution is 2.47. The quantitative estimate of drug-likeness (QED) is 0.147. The summed E-state index contributed by atoms with van der Waals surface area (Å²) in [6.07, 6.45) is 4.97. The predicted octanol–water partition coefficient (Wildman–Crippen LogP) is 9.18. The van der Waals surface area contributed by atoms with Crippen molar-refractivity contribution in [2.75, 3.05) is 13.7 Å². The van der Waals surface area contributed by atoms with Crippen LogP contribution in [0.5, 0.6) is 5.75 Å². The first-order chi connectivity index (χ1) is 17.1. The molecule has 0 saturated carbocycles. The van der Waals surface area contributed by atoms with E-state index < -0.39 is 0 Å². The third kappa shape index (κ3) is 5.24. The molecule has 0 atom stereocenters. The maximum Gasteiger partial charge on any atom is 0.188 e. The molecule has 4 rings (SSSR count). The zero-order valence-corrected chi connectivity index (χ0v) is 21.5. The fourth-order valence-corrected chi connectivity index (χ4v) is 4.66. The molecule has 0 bridgehead atoms. The summed E-state index contributed by atoms with van der Waals surface area (Å²) in [6, 6.07) is 23.4. The summed E-state index contributed by atoms with van der Waals surface area (Å²) in [5.41, 5.74) is 5.45. The predicted molar refractivity (Wildman–Crippen MR) is 150 cm³/mol. The van der Waals surface area contributed by atoms with Gasteiger partial charge < -0.3 is 9.47 Å². The van der Waals surface area contributed by atoms with Crippen LogP contribution in [0.2, 0.25) is 0 Å². The number of hydrogen-bond donors (Lipinski definition) is 0. The van der Waals surface area contributed by atoms with Gasteiger partial charge in [-0.3, -0.25) is 0 Å². The van der Waals surface area contributed by atoms with Gasteiger partial charge in [-0.25, -0.2) is 4.99 Å². The van der Waals surface area contributed by atoms with E-state index in [1.54, 1.807) is 7.11 Å². The molecule has 3 nitrogen and oxygen atoms in total. The Morgan fingerprint density at radius 3 is 2.26 bits per heavy atom. The lowest BCUT2D eigenvalue weighted by molar-refractivity contribution is 0.328. The number of allylic oxidation sites excluding steroid dienone is 1. The van der Waals surface area contributed by atoms with Crippen molar-refractivity contribution in [3.8, 4) is 16.9 Å². The van der Waals surface area contributed by atoms with E-state index in [4.69, 9.17) is 14.5 Å². The molecule has 0 saturated heterocycles. The third-order valence-corrected chi connectivity index (χ3v) is 6.29. The standard InChI is InChI=1S/C32H35NO2/c1-6-12-22(3)21-35-29(13-7-2)33-32-23(4)20-25-15-9-11-17-27(25)31(32)30-26-16-10-8-14-24(26)18-19-28(30)34-5/h8-12,14-20H,6-7,13,21H2,1-5H3/b22-12+,33-29?. The molecule has 35 heavy (non-hydrogen) atoms. The molecule has 3 heteroatoms. The Labute approximate surface area is 209 Å². The van der Waals surface area contributed by atoms with Crippen LogP contribution in [0, 0.1) is 6.92 Å². The molecule has 0 aliphatic heterocycles. The molecule has 0 amide bonds. The normalized spacial score (nSPS) is 12.4. The third-order valence-electron chi connectivity index (χ3n) is 6.29. The highest BCUT2D eigenvalue weighted by Gasteiger charge is 2.20. The molecule has 4 aromatic carbocycles. The Hall–Kier alpha value is -3.59. The summed E-state index contributed by atoms with van der Waals surface area (Å²) in [5.74, 6) is 1.62. The van der Waals surface area contributed by atoms with Gasteiger partial charge in [-0.05, 0) is 71.5 Å². The average molecular weight is 466 g/mol. The molecule has 0 radical (unpaired) electrons. The van der Waals surface area contributed by atoms with Crippen LogP contribution in [0.25, 0.3) is 32.7 Å². The minimum absolute atomic E-state index is 0.562. The van der Waals surface area contributed by atoms with Gasteiger partial charge >= 0.3 is 0 Å². The number of benzene rings is 4. The lowest BCUT2D eigenvalue weighted by atomic mass is 9.90. The van der Waals surface area contributed by atoms with Crippen molar-refractivity contribution in [2.24, 2.45) is 4.99 Å². The van der Waals surface area contributed by atoms with Gasteiger partial charge in [-0.15, -0.1) is 0 Å². The molecule has 4 aromatic rings. The zero-order valence-electron chi connectivity index (χ0n) is 21.5.